The third kappa shape index (κ3) is 3.68. The number of pyridine rings is 1. The molecule has 138 valence electrons. The van der Waals surface area contributed by atoms with Crippen LogP contribution in [0.15, 0.2) is 35.1 Å². The van der Waals surface area contributed by atoms with Crippen LogP contribution in [0.3, 0.4) is 0 Å². The minimum absolute atomic E-state index is 0.00980. The fourth-order valence-electron chi connectivity index (χ4n) is 4.29. The number of fused-ring (bicyclic) bond motifs is 1. The number of hydrogen-bond acceptors (Lipinski definition) is 3. The van der Waals surface area contributed by atoms with Gasteiger partial charge in [-0.15, -0.1) is 0 Å². The molecular weight excluding hydrogens is 326 g/mol. The van der Waals surface area contributed by atoms with Crippen molar-refractivity contribution < 1.29 is 4.79 Å². The van der Waals surface area contributed by atoms with E-state index in [-0.39, 0.29) is 11.5 Å². The first-order valence-electron chi connectivity index (χ1n) is 9.83. The summed E-state index contributed by atoms with van der Waals surface area (Å²) >= 11 is 0. The number of nitrogens with one attached hydrogen (secondary N) is 1. The van der Waals surface area contributed by atoms with E-state index in [4.69, 9.17) is 0 Å². The molecule has 0 radical (unpaired) electrons. The Kier molecular flexibility index (Phi) is 5.07. The van der Waals surface area contributed by atoms with Crippen molar-refractivity contribution in [1.29, 1.82) is 0 Å². The Morgan fingerprint density at radius 2 is 1.77 bits per heavy atom. The van der Waals surface area contributed by atoms with Gasteiger partial charge in [-0.25, -0.2) is 0 Å². The van der Waals surface area contributed by atoms with Crippen molar-refractivity contribution in [2.24, 2.45) is 5.92 Å². The number of para-hydroxylation sites is 1. The summed E-state index contributed by atoms with van der Waals surface area (Å²) in [5.41, 5.74) is 1.67. The van der Waals surface area contributed by atoms with Gasteiger partial charge in [0.25, 0.3) is 5.56 Å². The molecule has 26 heavy (non-hydrogen) atoms. The second kappa shape index (κ2) is 7.62. The van der Waals surface area contributed by atoms with Crippen LogP contribution >= 0.6 is 0 Å². The molecule has 1 saturated heterocycles. The summed E-state index contributed by atoms with van der Waals surface area (Å²) in [5.74, 6) is 0.603. The Bertz CT molecular complexity index is 831. The first-order chi connectivity index (χ1) is 12.7. The Balaban J connectivity index is 1.37. The average molecular weight is 353 g/mol. The van der Waals surface area contributed by atoms with Crippen LogP contribution in [0.2, 0.25) is 0 Å². The lowest BCUT2D eigenvalue weighted by molar-refractivity contribution is -0.138. The molecule has 1 aromatic carbocycles. The molecule has 0 unspecified atom stereocenters. The van der Waals surface area contributed by atoms with Crippen LogP contribution in [0.25, 0.3) is 10.9 Å². The topological polar surface area (TPSA) is 56.4 Å². The molecule has 2 fully saturated rings. The van der Waals surface area contributed by atoms with Crippen molar-refractivity contribution in [2.75, 3.05) is 26.2 Å². The van der Waals surface area contributed by atoms with Gasteiger partial charge in [0.1, 0.15) is 0 Å². The van der Waals surface area contributed by atoms with E-state index in [0.29, 0.717) is 12.5 Å². The summed E-state index contributed by atoms with van der Waals surface area (Å²) in [7, 11) is 0. The van der Waals surface area contributed by atoms with Crippen LogP contribution in [0, 0.1) is 5.92 Å². The summed E-state index contributed by atoms with van der Waals surface area (Å²) in [6, 6.07) is 9.86. The number of nitrogens with zero attached hydrogens (tertiary/aromatic N) is 2. The van der Waals surface area contributed by atoms with Gasteiger partial charge in [-0.2, -0.15) is 0 Å². The van der Waals surface area contributed by atoms with E-state index in [2.05, 4.69) is 9.88 Å². The van der Waals surface area contributed by atoms with Crippen molar-refractivity contribution in [2.45, 2.75) is 38.6 Å². The van der Waals surface area contributed by atoms with Crippen molar-refractivity contribution >= 4 is 16.8 Å². The number of amides is 1. The fraction of sp³-hybridized carbons (Fsp3) is 0.524. The third-order valence-corrected chi connectivity index (χ3v) is 5.86. The van der Waals surface area contributed by atoms with Crippen molar-refractivity contribution in [1.82, 2.24) is 14.8 Å². The smallest absolute Gasteiger partial charge is 0.252 e. The number of rotatable bonds is 3. The third-order valence-electron chi connectivity index (χ3n) is 5.86. The van der Waals surface area contributed by atoms with Gasteiger partial charge in [-0.3, -0.25) is 14.5 Å². The van der Waals surface area contributed by atoms with Crippen LogP contribution in [0.4, 0.5) is 0 Å². The highest BCUT2D eigenvalue weighted by molar-refractivity contribution is 5.79. The van der Waals surface area contributed by atoms with E-state index in [1.165, 1.54) is 19.3 Å². The summed E-state index contributed by atoms with van der Waals surface area (Å²) in [5, 5.41) is 1.06. The Morgan fingerprint density at radius 1 is 1.04 bits per heavy atom. The number of aromatic amines is 1. The van der Waals surface area contributed by atoms with Gasteiger partial charge >= 0.3 is 0 Å². The lowest BCUT2D eigenvalue weighted by atomic mass is 9.88. The van der Waals surface area contributed by atoms with E-state index >= 15 is 0 Å². The SMILES string of the molecule is O=C(C1CCCCC1)N1CCN(Cc2cc3ccccc3[nH]c2=O)CC1. The van der Waals surface area contributed by atoms with Crippen LogP contribution in [0.1, 0.15) is 37.7 Å². The van der Waals surface area contributed by atoms with Crippen molar-refractivity contribution in [3.05, 3.63) is 46.2 Å². The average Bonchev–Trinajstić information content (AvgIpc) is 2.69. The van der Waals surface area contributed by atoms with Gasteiger partial charge in [-0.05, 0) is 30.4 Å². The minimum Gasteiger partial charge on any atom is -0.340 e. The number of hydrogen-bond donors (Lipinski definition) is 1. The second-order valence-electron chi connectivity index (χ2n) is 7.65. The predicted octanol–water partition coefficient (Wildman–Crippen LogP) is 2.75. The zero-order valence-corrected chi connectivity index (χ0v) is 15.2. The lowest BCUT2D eigenvalue weighted by Crippen LogP contribution is -2.50. The van der Waals surface area contributed by atoms with Crippen LogP contribution < -0.4 is 5.56 Å². The van der Waals surface area contributed by atoms with E-state index in [1.807, 2.05) is 35.2 Å². The number of aromatic nitrogens is 1. The molecule has 4 rings (SSSR count). The Hall–Kier alpha value is -2.14. The van der Waals surface area contributed by atoms with Gasteiger partial charge in [0, 0.05) is 49.7 Å². The molecule has 1 N–H and O–H groups in total. The second-order valence-corrected chi connectivity index (χ2v) is 7.65. The highest BCUT2D eigenvalue weighted by Crippen LogP contribution is 2.26. The summed E-state index contributed by atoms with van der Waals surface area (Å²) < 4.78 is 0. The van der Waals surface area contributed by atoms with E-state index < -0.39 is 0 Å². The van der Waals surface area contributed by atoms with Crippen molar-refractivity contribution in [3.8, 4) is 0 Å². The molecule has 1 aromatic heterocycles. The molecule has 0 spiro atoms. The largest absolute Gasteiger partial charge is 0.340 e. The van der Waals surface area contributed by atoms with Gasteiger partial charge in [0.2, 0.25) is 5.91 Å². The summed E-state index contributed by atoms with van der Waals surface area (Å²) in [6.45, 7) is 3.88. The number of H-pyrrole nitrogens is 1. The molecule has 0 bridgehead atoms. The molecule has 2 aliphatic rings. The fourth-order valence-corrected chi connectivity index (χ4v) is 4.29. The molecule has 5 heteroatoms. The highest BCUT2D eigenvalue weighted by Gasteiger charge is 2.28. The van der Waals surface area contributed by atoms with Crippen molar-refractivity contribution in [3.63, 3.8) is 0 Å². The first kappa shape index (κ1) is 17.3. The molecule has 1 saturated carbocycles. The van der Waals surface area contributed by atoms with E-state index in [9.17, 15) is 9.59 Å². The quantitative estimate of drug-likeness (QED) is 0.923. The maximum absolute atomic E-state index is 12.7. The highest BCUT2D eigenvalue weighted by atomic mass is 16.2. The molecule has 2 aromatic rings. The zero-order chi connectivity index (χ0) is 17.9. The standard InChI is InChI=1S/C21H27N3O2/c25-20-18(14-17-8-4-5-9-19(17)22-20)15-23-10-12-24(13-11-23)21(26)16-6-2-1-3-7-16/h4-5,8-9,14,16H,1-3,6-7,10-13,15H2,(H,22,25). The summed E-state index contributed by atoms with van der Waals surface area (Å²) in [4.78, 5) is 32.3. The van der Waals surface area contributed by atoms with Gasteiger partial charge in [0.05, 0.1) is 0 Å². The molecule has 2 heterocycles. The predicted molar refractivity (Wildman–Crippen MR) is 103 cm³/mol. The van der Waals surface area contributed by atoms with Crippen LogP contribution in [0.5, 0.6) is 0 Å². The number of piperazine rings is 1. The van der Waals surface area contributed by atoms with Gasteiger partial charge in [0.15, 0.2) is 0 Å². The first-order valence-corrected chi connectivity index (χ1v) is 9.83. The maximum atomic E-state index is 12.7. The molecule has 5 nitrogen and oxygen atoms in total. The number of carbonyl (C=O) groups is 1. The molecule has 1 aliphatic heterocycles. The molecule has 0 atom stereocenters. The number of carbonyl (C=O) groups excluding carboxylic acids is 1. The normalized spacial score (nSPS) is 19.8. The van der Waals surface area contributed by atoms with E-state index in [1.54, 1.807) is 0 Å². The Morgan fingerprint density at radius 3 is 2.54 bits per heavy atom. The van der Waals surface area contributed by atoms with Gasteiger partial charge in [-0.1, -0.05) is 37.5 Å². The van der Waals surface area contributed by atoms with Crippen LogP contribution in [-0.4, -0.2) is 46.9 Å². The molecular formula is C21H27N3O2. The Labute approximate surface area is 154 Å². The zero-order valence-electron chi connectivity index (χ0n) is 15.2. The minimum atomic E-state index is -0.00980. The maximum Gasteiger partial charge on any atom is 0.252 e. The summed E-state index contributed by atoms with van der Waals surface area (Å²) in [6.07, 6.45) is 5.79. The van der Waals surface area contributed by atoms with Crippen LogP contribution in [-0.2, 0) is 11.3 Å². The monoisotopic (exact) mass is 353 g/mol. The molecule has 1 amide bonds. The van der Waals surface area contributed by atoms with Gasteiger partial charge < -0.3 is 9.88 Å². The van der Waals surface area contributed by atoms with E-state index in [0.717, 1.165) is 55.5 Å². The lowest BCUT2D eigenvalue weighted by Gasteiger charge is -2.37. The number of benzene rings is 1. The molecule has 1 aliphatic carbocycles.